The lowest BCUT2D eigenvalue weighted by molar-refractivity contribution is -0.245. The zero-order valence-electron chi connectivity index (χ0n) is 18.7. The third-order valence-electron chi connectivity index (χ3n) is 6.63. The van der Waals surface area contributed by atoms with Crippen molar-refractivity contribution < 1.29 is 31.7 Å². The largest absolute Gasteiger partial charge is 0.417 e. The normalized spacial score (nSPS) is 23.9. The summed E-state index contributed by atoms with van der Waals surface area (Å²) in [7, 11) is -3.83. The van der Waals surface area contributed by atoms with Crippen LogP contribution in [0.5, 0.6) is 0 Å². The molecular weight excluding hydrogens is 493 g/mol. The molecule has 0 saturated carbocycles. The van der Waals surface area contributed by atoms with Gasteiger partial charge in [0.2, 0.25) is 10.0 Å². The summed E-state index contributed by atoms with van der Waals surface area (Å²) in [6, 6.07) is 7.82. The Bertz CT molecular complexity index is 1160. The first kappa shape index (κ1) is 25.2. The maximum absolute atomic E-state index is 13.6. The molecular formula is C23H26ClF3N2O4S. The standard InChI is InChI=1S/C23H26ClF3N2O4S/c1-14-11-28(18-6-8-21(22(24)9-18)23(25,26)27)12-15(2)29(14)34(31,32)19-7-5-16-3-4-17(13-33-30)20(16)10-19/h5-10,14-15,17,30H,3-4,11-13H2,1-2H3/t14-,15+,17?. The van der Waals surface area contributed by atoms with Gasteiger partial charge in [-0.25, -0.2) is 13.3 Å². The number of alkyl halides is 3. The van der Waals surface area contributed by atoms with Crippen LogP contribution in [0.3, 0.4) is 0 Å². The Kier molecular flexibility index (Phi) is 6.91. The molecule has 0 spiro atoms. The van der Waals surface area contributed by atoms with Gasteiger partial charge in [0.1, 0.15) is 0 Å². The summed E-state index contributed by atoms with van der Waals surface area (Å²) in [4.78, 5) is 6.34. The lowest BCUT2D eigenvalue weighted by Crippen LogP contribution is -2.58. The van der Waals surface area contributed by atoms with Crippen molar-refractivity contribution in [1.82, 2.24) is 4.31 Å². The van der Waals surface area contributed by atoms with E-state index in [1.54, 1.807) is 26.0 Å². The fraction of sp³-hybridized carbons (Fsp3) is 0.478. The van der Waals surface area contributed by atoms with Crippen molar-refractivity contribution in [2.75, 3.05) is 24.6 Å². The van der Waals surface area contributed by atoms with Gasteiger partial charge in [-0.05, 0) is 68.1 Å². The summed E-state index contributed by atoms with van der Waals surface area (Å²) >= 11 is 5.89. The predicted molar refractivity (Wildman–Crippen MR) is 123 cm³/mol. The van der Waals surface area contributed by atoms with Crippen LogP contribution in [0.1, 0.15) is 42.9 Å². The number of hydrogen-bond acceptors (Lipinski definition) is 5. The first-order valence-corrected chi connectivity index (χ1v) is 12.8. The number of rotatable bonds is 5. The van der Waals surface area contributed by atoms with Crippen LogP contribution in [0.4, 0.5) is 18.9 Å². The Morgan fingerprint density at radius 2 is 1.79 bits per heavy atom. The van der Waals surface area contributed by atoms with Crippen LogP contribution >= 0.6 is 11.6 Å². The molecule has 11 heteroatoms. The van der Waals surface area contributed by atoms with Crippen molar-refractivity contribution in [3.8, 4) is 0 Å². The molecule has 1 fully saturated rings. The van der Waals surface area contributed by atoms with E-state index in [4.69, 9.17) is 16.9 Å². The van der Waals surface area contributed by atoms with Crippen molar-refractivity contribution in [2.45, 2.75) is 55.8 Å². The molecule has 0 amide bonds. The van der Waals surface area contributed by atoms with Crippen LogP contribution in [0.2, 0.25) is 5.02 Å². The zero-order chi connectivity index (χ0) is 24.8. The zero-order valence-corrected chi connectivity index (χ0v) is 20.3. The molecule has 0 radical (unpaired) electrons. The molecule has 34 heavy (non-hydrogen) atoms. The van der Waals surface area contributed by atoms with E-state index in [1.165, 1.54) is 16.4 Å². The van der Waals surface area contributed by atoms with Crippen LogP contribution in [0.25, 0.3) is 0 Å². The number of nitrogens with zero attached hydrogens (tertiary/aromatic N) is 2. The summed E-state index contributed by atoms with van der Waals surface area (Å²) in [5.41, 5.74) is 1.53. The molecule has 2 aromatic carbocycles. The molecule has 1 aliphatic carbocycles. The highest BCUT2D eigenvalue weighted by Crippen LogP contribution is 2.39. The monoisotopic (exact) mass is 518 g/mol. The van der Waals surface area contributed by atoms with Gasteiger partial charge in [-0.1, -0.05) is 17.7 Å². The molecule has 1 unspecified atom stereocenters. The van der Waals surface area contributed by atoms with Crippen molar-refractivity contribution in [3.05, 3.63) is 58.1 Å². The highest BCUT2D eigenvalue weighted by Gasteiger charge is 2.40. The van der Waals surface area contributed by atoms with Crippen LogP contribution < -0.4 is 4.90 Å². The van der Waals surface area contributed by atoms with E-state index in [2.05, 4.69) is 4.89 Å². The molecule has 2 aliphatic rings. The van der Waals surface area contributed by atoms with Crippen molar-refractivity contribution in [3.63, 3.8) is 0 Å². The molecule has 0 bridgehead atoms. The molecule has 1 heterocycles. The first-order chi connectivity index (χ1) is 15.9. The van der Waals surface area contributed by atoms with Gasteiger partial charge in [-0.2, -0.15) is 17.5 Å². The van der Waals surface area contributed by atoms with E-state index in [0.29, 0.717) is 18.8 Å². The van der Waals surface area contributed by atoms with Gasteiger partial charge in [-0.3, -0.25) is 5.26 Å². The third-order valence-corrected chi connectivity index (χ3v) is 9.07. The van der Waals surface area contributed by atoms with Crippen molar-refractivity contribution >= 4 is 27.3 Å². The minimum absolute atomic E-state index is 0.0636. The van der Waals surface area contributed by atoms with Gasteiger partial charge in [0, 0.05) is 36.8 Å². The smallest absolute Gasteiger partial charge is 0.368 e. The average Bonchev–Trinajstić information content (AvgIpc) is 3.14. The number of fused-ring (bicyclic) bond motifs is 1. The maximum atomic E-state index is 13.6. The number of piperazine rings is 1. The van der Waals surface area contributed by atoms with Crippen molar-refractivity contribution in [2.24, 2.45) is 0 Å². The Morgan fingerprint density at radius 3 is 2.38 bits per heavy atom. The average molecular weight is 519 g/mol. The second-order valence-electron chi connectivity index (χ2n) is 8.99. The van der Waals surface area contributed by atoms with Gasteiger partial charge in [0.05, 0.1) is 22.1 Å². The molecule has 3 atom stereocenters. The molecule has 0 aromatic heterocycles. The summed E-state index contributed by atoms with van der Waals surface area (Å²) < 4.78 is 67.8. The summed E-state index contributed by atoms with van der Waals surface area (Å²) in [5.74, 6) is -0.0636. The lowest BCUT2D eigenvalue weighted by atomic mass is 10.0. The van der Waals surface area contributed by atoms with E-state index < -0.39 is 33.8 Å². The number of benzene rings is 2. The highest BCUT2D eigenvalue weighted by molar-refractivity contribution is 7.89. The van der Waals surface area contributed by atoms with Gasteiger partial charge in [-0.15, -0.1) is 0 Å². The van der Waals surface area contributed by atoms with E-state index in [9.17, 15) is 21.6 Å². The molecule has 186 valence electrons. The van der Waals surface area contributed by atoms with Gasteiger partial charge >= 0.3 is 6.18 Å². The van der Waals surface area contributed by atoms with Crippen LogP contribution in [0.15, 0.2) is 41.3 Å². The highest BCUT2D eigenvalue weighted by atomic mass is 35.5. The number of hydrogen-bond donors (Lipinski definition) is 1. The minimum Gasteiger partial charge on any atom is -0.368 e. The fourth-order valence-corrected chi connectivity index (χ4v) is 7.26. The molecule has 1 aliphatic heterocycles. The fourth-order valence-electron chi connectivity index (χ4n) is 5.13. The van der Waals surface area contributed by atoms with Crippen LogP contribution in [-0.2, 0) is 27.5 Å². The summed E-state index contributed by atoms with van der Waals surface area (Å²) in [6.45, 7) is 4.27. The molecule has 4 rings (SSSR count). The Morgan fingerprint density at radius 1 is 1.12 bits per heavy atom. The van der Waals surface area contributed by atoms with Gasteiger partial charge in [0.15, 0.2) is 0 Å². The Balaban J connectivity index is 1.57. The lowest BCUT2D eigenvalue weighted by Gasteiger charge is -2.44. The SMILES string of the molecule is C[C@@H]1CN(c2ccc(C(F)(F)F)c(Cl)c2)C[C@H](C)N1S(=O)(=O)c1ccc2c(c1)C(COO)CC2. The third kappa shape index (κ3) is 4.66. The van der Waals surface area contributed by atoms with Gasteiger partial charge < -0.3 is 4.90 Å². The first-order valence-electron chi connectivity index (χ1n) is 11.0. The van der Waals surface area contributed by atoms with Crippen LogP contribution in [-0.4, -0.2) is 49.8 Å². The summed E-state index contributed by atoms with van der Waals surface area (Å²) in [6.07, 6.45) is -2.97. The Hall–Kier alpha value is -1.85. The van der Waals surface area contributed by atoms with E-state index in [0.717, 1.165) is 30.0 Å². The van der Waals surface area contributed by atoms with E-state index in [-0.39, 0.29) is 22.4 Å². The summed E-state index contributed by atoms with van der Waals surface area (Å²) in [5, 5.41) is 8.46. The number of aryl methyl sites for hydroxylation is 1. The topological polar surface area (TPSA) is 70.1 Å². The second kappa shape index (κ2) is 9.31. The number of sulfonamides is 1. The Labute approximate surface area is 201 Å². The van der Waals surface area contributed by atoms with Crippen molar-refractivity contribution in [1.29, 1.82) is 0 Å². The predicted octanol–water partition coefficient (Wildman–Crippen LogP) is 5.17. The van der Waals surface area contributed by atoms with E-state index >= 15 is 0 Å². The number of anilines is 1. The quantitative estimate of drug-likeness (QED) is 0.437. The molecule has 6 nitrogen and oxygen atoms in total. The van der Waals surface area contributed by atoms with Gasteiger partial charge in [0.25, 0.3) is 0 Å². The number of halogens is 4. The van der Waals surface area contributed by atoms with E-state index in [1.807, 2.05) is 11.0 Å². The molecule has 1 N–H and O–H groups in total. The molecule has 2 aromatic rings. The molecule has 1 saturated heterocycles. The van der Waals surface area contributed by atoms with Crippen LogP contribution in [0, 0.1) is 0 Å². The second-order valence-corrected chi connectivity index (χ2v) is 11.2. The minimum atomic E-state index is -4.54. The maximum Gasteiger partial charge on any atom is 0.417 e.